The maximum Gasteiger partial charge on any atom is 0.358 e. The van der Waals surface area contributed by atoms with E-state index < -0.39 is 5.97 Å². The molecule has 1 aliphatic rings. The molecular formula is C12H19N3O3. The summed E-state index contributed by atoms with van der Waals surface area (Å²) in [6.07, 6.45) is 3.74. The molecule has 1 fully saturated rings. The van der Waals surface area contributed by atoms with Crippen molar-refractivity contribution in [3.8, 4) is 5.75 Å². The standard InChI is InChI=1S/C12H19N3O3/c1-14-5-3-4-9(7-14)8-15-11(12(16)17)10(18-2)6-13-15/h6,9H,3-5,7-8H2,1-2H3,(H,16,17). The Morgan fingerprint density at radius 2 is 2.44 bits per heavy atom. The Morgan fingerprint density at radius 3 is 3.06 bits per heavy atom. The highest BCUT2D eigenvalue weighted by Gasteiger charge is 2.23. The number of rotatable bonds is 4. The summed E-state index contributed by atoms with van der Waals surface area (Å²) in [4.78, 5) is 13.5. The zero-order valence-corrected chi connectivity index (χ0v) is 10.8. The number of carboxylic acids is 1. The average molecular weight is 253 g/mol. The van der Waals surface area contributed by atoms with E-state index in [1.807, 2.05) is 0 Å². The van der Waals surface area contributed by atoms with E-state index in [9.17, 15) is 9.90 Å². The number of piperidine rings is 1. The number of aromatic nitrogens is 2. The van der Waals surface area contributed by atoms with Crippen molar-refractivity contribution in [2.24, 2.45) is 5.92 Å². The Hall–Kier alpha value is -1.56. The van der Waals surface area contributed by atoms with Gasteiger partial charge in [-0.1, -0.05) is 0 Å². The second-order valence-corrected chi connectivity index (χ2v) is 4.82. The van der Waals surface area contributed by atoms with Gasteiger partial charge in [0.1, 0.15) is 0 Å². The lowest BCUT2D eigenvalue weighted by atomic mass is 9.98. The summed E-state index contributed by atoms with van der Waals surface area (Å²) in [5, 5.41) is 13.3. The smallest absolute Gasteiger partial charge is 0.358 e. The maximum absolute atomic E-state index is 11.2. The van der Waals surface area contributed by atoms with Crippen molar-refractivity contribution in [1.29, 1.82) is 0 Å². The molecule has 1 aromatic rings. The molecule has 0 spiro atoms. The van der Waals surface area contributed by atoms with Gasteiger partial charge in [-0.15, -0.1) is 0 Å². The molecule has 0 radical (unpaired) electrons. The molecule has 0 aliphatic carbocycles. The first-order valence-electron chi connectivity index (χ1n) is 6.13. The van der Waals surface area contributed by atoms with Crippen LogP contribution < -0.4 is 4.74 Å². The van der Waals surface area contributed by atoms with E-state index in [2.05, 4.69) is 17.0 Å². The van der Waals surface area contributed by atoms with Crippen molar-refractivity contribution in [3.05, 3.63) is 11.9 Å². The van der Waals surface area contributed by atoms with Gasteiger partial charge in [-0.05, 0) is 32.4 Å². The Labute approximate surface area is 106 Å². The highest BCUT2D eigenvalue weighted by Crippen LogP contribution is 2.22. The minimum atomic E-state index is -0.992. The van der Waals surface area contributed by atoms with Gasteiger partial charge >= 0.3 is 5.97 Å². The van der Waals surface area contributed by atoms with Crippen LogP contribution in [0.1, 0.15) is 23.3 Å². The van der Waals surface area contributed by atoms with Gasteiger partial charge in [0, 0.05) is 13.1 Å². The summed E-state index contributed by atoms with van der Waals surface area (Å²) >= 11 is 0. The first-order chi connectivity index (χ1) is 8.61. The lowest BCUT2D eigenvalue weighted by molar-refractivity contribution is 0.0676. The zero-order valence-electron chi connectivity index (χ0n) is 10.8. The summed E-state index contributed by atoms with van der Waals surface area (Å²) in [7, 11) is 3.55. The predicted octanol–water partition coefficient (Wildman–Crippen LogP) is 0.932. The van der Waals surface area contributed by atoms with E-state index in [4.69, 9.17) is 4.74 Å². The fourth-order valence-corrected chi connectivity index (χ4v) is 2.54. The monoisotopic (exact) mass is 253 g/mol. The van der Waals surface area contributed by atoms with Gasteiger partial charge in [0.15, 0.2) is 11.4 Å². The molecule has 1 unspecified atom stereocenters. The molecule has 100 valence electrons. The Balaban J connectivity index is 2.13. The van der Waals surface area contributed by atoms with E-state index >= 15 is 0 Å². The second kappa shape index (κ2) is 5.39. The molecule has 0 aromatic carbocycles. The summed E-state index contributed by atoms with van der Waals surface area (Å²) in [6.45, 7) is 2.74. The molecule has 1 atom stereocenters. The fraction of sp³-hybridized carbons (Fsp3) is 0.667. The number of nitrogens with zero attached hydrogens (tertiary/aromatic N) is 3. The summed E-state index contributed by atoms with van der Waals surface area (Å²) in [5.74, 6) is -0.216. The van der Waals surface area contributed by atoms with E-state index in [1.54, 1.807) is 4.68 Å². The number of aromatic carboxylic acids is 1. The number of likely N-dealkylation sites (tertiary alicyclic amines) is 1. The normalized spacial score (nSPS) is 20.9. The molecule has 0 amide bonds. The second-order valence-electron chi connectivity index (χ2n) is 4.82. The molecular weight excluding hydrogens is 234 g/mol. The molecule has 1 saturated heterocycles. The topological polar surface area (TPSA) is 67.6 Å². The molecule has 6 nitrogen and oxygen atoms in total. The third kappa shape index (κ3) is 2.64. The van der Waals surface area contributed by atoms with Crippen LogP contribution in [0.5, 0.6) is 5.75 Å². The number of carbonyl (C=O) groups is 1. The minimum absolute atomic E-state index is 0.144. The van der Waals surface area contributed by atoms with E-state index in [0.717, 1.165) is 25.9 Å². The number of methoxy groups -OCH3 is 1. The number of carboxylic acid groups (broad SMARTS) is 1. The Bertz CT molecular complexity index is 430. The van der Waals surface area contributed by atoms with Gasteiger partial charge in [0.05, 0.1) is 13.3 Å². The molecule has 1 N–H and O–H groups in total. The fourth-order valence-electron chi connectivity index (χ4n) is 2.54. The van der Waals surface area contributed by atoms with Crippen molar-refractivity contribution < 1.29 is 14.6 Å². The van der Waals surface area contributed by atoms with Crippen LogP contribution in [0.3, 0.4) is 0 Å². The highest BCUT2D eigenvalue weighted by molar-refractivity contribution is 5.88. The highest BCUT2D eigenvalue weighted by atomic mass is 16.5. The molecule has 2 rings (SSSR count). The van der Waals surface area contributed by atoms with E-state index in [1.165, 1.54) is 13.3 Å². The van der Waals surface area contributed by atoms with E-state index in [-0.39, 0.29) is 5.69 Å². The molecule has 18 heavy (non-hydrogen) atoms. The minimum Gasteiger partial charge on any atom is -0.493 e. The van der Waals surface area contributed by atoms with Crippen LogP contribution in [0, 0.1) is 5.92 Å². The van der Waals surface area contributed by atoms with Gasteiger partial charge < -0.3 is 14.7 Å². The van der Waals surface area contributed by atoms with Crippen LogP contribution in [0.25, 0.3) is 0 Å². The number of hydrogen-bond donors (Lipinski definition) is 1. The number of ether oxygens (including phenoxy) is 1. The third-order valence-corrected chi connectivity index (χ3v) is 3.38. The summed E-state index contributed by atoms with van der Waals surface area (Å²) < 4.78 is 6.57. The quantitative estimate of drug-likeness (QED) is 0.864. The van der Waals surface area contributed by atoms with Crippen LogP contribution in [-0.2, 0) is 6.54 Å². The van der Waals surface area contributed by atoms with Crippen molar-refractivity contribution in [3.63, 3.8) is 0 Å². The lowest BCUT2D eigenvalue weighted by Crippen LogP contribution is -2.34. The van der Waals surface area contributed by atoms with Crippen LogP contribution in [0.15, 0.2) is 6.20 Å². The molecule has 1 aromatic heterocycles. The van der Waals surface area contributed by atoms with Gasteiger partial charge in [0.2, 0.25) is 0 Å². The van der Waals surface area contributed by atoms with Crippen molar-refractivity contribution in [2.75, 3.05) is 27.2 Å². The Kier molecular flexibility index (Phi) is 3.86. The van der Waals surface area contributed by atoms with Gasteiger partial charge in [-0.2, -0.15) is 5.10 Å². The SMILES string of the molecule is COc1cnn(CC2CCCN(C)C2)c1C(=O)O. The molecule has 2 heterocycles. The molecule has 1 aliphatic heterocycles. The lowest BCUT2D eigenvalue weighted by Gasteiger charge is -2.29. The van der Waals surface area contributed by atoms with Gasteiger partial charge in [-0.25, -0.2) is 4.79 Å². The van der Waals surface area contributed by atoms with Crippen molar-refractivity contribution >= 4 is 5.97 Å². The summed E-state index contributed by atoms with van der Waals surface area (Å²) in [5.41, 5.74) is 0.144. The van der Waals surface area contributed by atoms with Crippen LogP contribution >= 0.6 is 0 Å². The zero-order chi connectivity index (χ0) is 13.1. The van der Waals surface area contributed by atoms with Crippen LogP contribution in [-0.4, -0.2) is 53.0 Å². The number of hydrogen-bond acceptors (Lipinski definition) is 4. The first kappa shape index (κ1) is 12.9. The van der Waals surface area contributed by atoms with Gasteiger partial charge in [0.25, 0.3) is 0 Å². The van der Waals surface area contributed by atoms with E-state index in [0.29, 0.717) is 18.2 Å². The van der Waals surface area contributed by atoms with Crippen molar-refractivity contribution in [2.45, 2.75) is 19.4 Å². The van der Waals surface area contributed by atoms with Crippen LogP contribution in [0.4, 0.5) is 0 Å². The average Bonchev–Trinajstić information content (AvgIpc) is 2.72. The van der Waals surface area contributed by atoms with Gasteiger partial charge in [-0.3, -0.25) is 4.68 Å². The third-order valence-electron chi connectivity index (χ3n) is 3.38. The van der Waals surface area contributed by atoms with Crippen LogP contribution in [0.2, 0.25) is 0 Å². The predicted molar refractivity (Wildman–Crippen MR) is 66.0 cm³/mol. The first-order valence-corrected chi connectivity index (χ1v) is 6.13. The molecule has 0 saturated carbocycles. The summed E-state index contributed by atoms with van der Waals surface area (Å²) in [6, 6.07) is 0. The largest absolute Gasteiger partial charge is 0.493 e. The molecule has 0 bridgehead atoms. The van der Waals surface area contributed by atoms with Crippen molar-refractivity contribution in [1.82, 2.24) is 14.7 Å². The molecule has 6 heteroatoms. The maximum atomic E-state index is 11.2. The Morgan fingerprint density at radius 1 is 1.67 bits per heavy atom.